The Balaban J connectivity index is 2.26. The first-order chi connectivity index (χ1) is 10.6. The zero-order valence-electron chi connectivity index (χ0n) is 13.1. The molecule has 1 aromatic carbocycles. The number of carbonyl (C=O) groups excluding carboxylic acids is 1. The van der Waals surface area contributed by atoms with Crippen LogP contribution in [-0.2, 0) is 0 Å². The summed E-state index contributed by atoms with van der Waals surface area (Å²) in [7, 11) is 0. The molecule has 0 bridgehead atoms. The Morgan fingerprint density at radius 2 is 2.18 bits per heavy atom. The van der Waals surface area contributed by atoms with Crippen molar-refractivity contribution in [2.24, 2.45) is 5.73 Å². The first kappa shape index (κ1) is 16.9. The molecule has 1 unspecified atom stereocenters. The second-order valence-electron chi connectivity index (χ2n) is 5.37. The zero-order valence-corrected chi connectivity index (χ0v) is 13.9. The van der Waals surface area contributed by atoms with E-state index >= 15 is 0 Å². The number of hydrogen-bond acceptors (Lipinski definition) is 4. The Bertz CT molecular complexity index is 536. The van der Waals surface area contributed by atoms with Crippen molar-refractivity contribution in [3.05, 3.63) is 22.7 Å². The van der Waals surface area contributed by atoms with Crippen molar-refractivity contribution < 1.29 is 14.3 Å². The first-order valence-electron chi connectivity index (χ1n) is 7.70. The van der Waals surface area contributed by atoms with Gasteiger partial charge in [-0.1, -0.05) is 18.5 Å². The Hall–Kier alpha value is -1.46. The summed E-state index contributed by atoms with van der Waals surface area (Å²) in [6, 6.07) is 3.39. The highest BCUT2D eigenvalue weighted by atomic mass is 35.5. The van der Waals surface area contributed by atoms with Crippen molar-refractivity contribution in [1.82, 2.24) is 4.90 Å². The van der Waals surface area contributed by atoms with E-state index in [-0.39, 0.29) is 11.9 Å². The fourth-order valence-corrected chi connectivity index (χ4v) is 2.72. The Morgan fingerprint density at radius 3 is 2.77 bits per heavy atom. The van der Waals surface area contributed by atoms with E-state index in [1.807, 2.05) is 13.8 Å². The van der Waals surface area contributed by atoms with Crippen LogP contribution in [0.1, 0.15) is 37.0 Å². The molecule has 2 N–H and O–H groups in total. The van der Waals surface area contributed by atoms with Crippen molar-refractivity contribution in [2.45, 2.75) is 32.7 Å². The molecule has 122 valence electrons. The van der Waals surface area contributed by atoms with Crippen molar-refractivity contribution in [3.8, 4) is 11.5 Å². The lowest BCUT2D eigenvalue weighted by Crippen LogP contribution is -2.31. The molecule has 22 heavy (non-hydrogen) atoms. The molecule has 0 spiro atoms. The van der Waals surface area contributed by atoms with Gasteiger partial charge in [0.05, 0.1) is 18.2 Å². The maximum absolute atomic E-state index is 12.5. The van der Waals surface area contributed by atoms with Crippen molar-refractivity contribution >= 4 is 17.5 Å². The van der Waals surface area contributed by atoms with Gasteiger partial charge >= 0.3 is 0 Å². The molecule has 2 rings (SSSR count). The molecule has 5 nitrogen and oxygen atoms in total. The van der Waals surface area contributed by atoms with Gasteiger partial charge in [0, 0.05) is 24.7 Å². The van der Waals surface area contributed by atoms with E-state index in [9.17, 15) is 4.79 Å². The van der Waals surface area contributed by atoms with Crippen LogP contribution in [0.4, 0.5) is 0 Å². The lowest BCUT2D eigenvalue weighted by atomic mass is 10.1. The molecule has 1 saturated heterocycles. The predicted molar refractivity (Wildman–Crippen MR) is 86.9 cm³/mol. The van der Waals surface area contributed by atoms with Gasteiger partial charge in [-0.15, -0.1) is 0 Å². The summed E-state index contributed by atoms with van der Waals surface area (Å²) in [5.41, 5.74) is 6.37. The van der Waals surface area contributed by atoms with Crippen LogP contribution in [-0.4, -0.2) is 43.2 Å². The molecule has 0 aromatic heterocycles. The molecule has 1 aliphatic rings. The number of nitrogens with two attached hydrogens (primary N) is 1. The van der Waals surface area contributed by atoms with Gasteiger partial charge in [-0.25, -0.2) is 0 Å². The van der Waals surface area contributed by atoms with Gasteiger partial charge in [-0.2, -0.15) is 0 Å². The van der Waals surface area contributed by atoms with Crippen molar-refractivity contribution in [2.75, 3.05) is 26.3 Å². The van der Waals surface area contributed by atoms with Gasteiger partial charge in [0.1, 0.15) is 0 Å². The maximum Gasteiger partial charge on any atom is 0.254 e. The molecule has 1 heterocycles. The largest absolute Gasteiger partial charge is 0.490 e. The fraction of sp³-hybridized carbons (Fsp3) is 0.562. The molecule has 1 aromatic rings. The lowest BCUT2D eigenvalue weighted by molar-refractivity contribution is 0.0790. The van der Waals surface area contributed by atoms with Gasteiger partial charge in [0.15, 0.2) is 11.5 Å². The van der Waals surface area contributed by atoms with Crippen LogP contribution in [0.25, 0.3) is 0 Å². The summed E-state index contributed by atoms with van der Waals surface area (Å²) in [5, 5.41) is 0.395. The van der Waals surface area contributed by atoms with Crippen LogP contribution in [0.15, 0.2) is 12.1 Å². The summed E-state index contributed by atoms with van der Waals surface area (Å²) in [5.74, 6) is 0.938. The highest BCUT2D eigenvalue weighted by Crippen LogP contribution is 2.37. The number of halogens is 1. The van der Waals surface area contributed by atoms with E-state index in [1.54, 1.807) is 17.0 Å². The standard InChI is InChI=1S/C16H23ClN2O3/c1-3-7-22-15-13(17)8-11(9-14(15)21-4-2)16(20)19-6-5-12(18)10-19/h8-9,12H,3-7,10,18H2,1-2H3. The quantitative estimate of drug-likeness (QED) is 0.873. The van der Waals surface area contributed by atoms with E-state index < -0.39 is 0 Å². The van der Waals surface area contributed by atoms with Gasteiger partial charge < -0.3 is 20.1 Å². The zero-order chi connectivity index (χ0) is 16.1. The Kier molecular flexibility index (Phi) is 5.91. The van der Waals surface area contributed by atoms with Gasteiger partial charge in [0.25, 0.3) is 5.91 Å². The molecule has 0 saturated carbocycles. The fourth-order valence-electron chi connectivity index (χ4n) is 2.45. The average Bonchev–Trinajstić information content (AvgIpc) is 2.92. The van der Waals surface area contributed by atoms with Crippen molar-refractivity contribution in [3.63, 3.8) is 0 Å². The smallest absolute Gasteiger partial charge is 0.254 e. The molecule has 1 fully saturated rings. The van der Waals surface area contributed by atoms with Gasteiger partial charge in [0.2, 0.25) is 0 Å². The van der Waals surface area contributed by atoms with Crippen LogP contribution in [0.2, 0.25) is 5.02 Å². The number of rotatable bonds is 6. The van der Waals surface area contributed by atoms with Crippen LogP contribution in [0.3, 0.4) is 0 Å². The SMILES string of the molecule is CCCOc1c(Cl)cc(C(=O)N2CCC(N)C2)cc1OCC. The average molecular weight is 327 g/mol. The van der Waals surface area contributed by atoms with Crippen LogP contribution in [0.5, 0.6) is 11.5 Å². The summed E-state index contributed by atoms with van der Waals surface area (Å²) < 4.78 is 11.2. The van der Waals surface area contributed by atoms with Gasteiger partial charge in [-0.05, 0) is 31.9 Å². The molecular formula is C16H23ClN2O3. The van der Waals surface area contributed by atoms with Crippen molar-refractivity contribution in [1.29, 1.82) is 0 Å². The summed E-state index contributed by atoms with van der Waals surface area (Å²) in [4.78, 5) is 14.3. The predicted octanol–water partition coefficient (Wildman–Crippen LogP) is 2.70. The minimum Gasteiger partial charge on any atom is -0.490 e. The van der Waals surface area contributed by atoms with E-state index in [0.29, 0.717) is 48.4 Å². The van der Waals surface area contributed by atoms with E-state index in [2.05, 4.69) is 0 Å². The summed E-state index contributed by atoms with van der Waals surface area (Å²) in [6.45, 7) is 6.18. The number of carbonyl (C=O) groups is 1. The number of nitrogens with zero attached hydrogens (tertiary/aromatic N) is 1. The first-order valence-corrected chi connectivity index (χ1v) is 8.08. The van der Waals surface area contributed by atoms with Gasteiger partial charge in [-0.3, -0.25) is 4.79 Å². The number of benzene rings is 1. The second-order valence-corrected chi connectivity index (χ2v) is 5.77. The normalized spacial score (nSPS) is 17.6. The molecule has 1 atom stereocenters. The molecule has 0 aliphatic carbocycles. The minimum absolute atomic E-state index is 0.0537. The third kappa shape index (κ3) is 3.84. The highest BCUT2D eigenvalue weighted by Gasteiger charge is 2.26. The maximum atomic E-state index is 12.5. The highest BCUT2D eigenvalue weighted by molar-refractivity contribution is 6.32. The minimum atomic E-state index is -0.0714. The lowest BCUT2D eigenvalue weighted by Gasteiger charge is -2.18. The molecule has 6 heteroatoms. The van der Waals surface area contributed by atoms with E-state index in [4.69, 9.17) is 26.8 Å². The number of hydrogen-bond donors (Lipinski definition) is 1. The second kappa shape index (κ2) is 7.70. The Morgan fingerprint density at radius 1 is 1.41 bits per heavy atom. The molecule has 0 radical (unpaired) electrons. The summed E-state index contributed by atoms with van der Waals surface area (Å²) in [6.07, 6.45) is 1.70. The third-order valence-electron chi connectivity index (χ3n) is 3.52. The van der Waals surface area contributed by atoms with E-state index in [1.165, 1.54) is 0 Å². The Labute approximate surface area is 136 Å². The topological polar surface area (TPSA) is 64.8 Å². The third-order valence-corrected chi connectivity index (χ3v) is 3.80. The molecule has 1 amide bonds. The number of likely N-dealkylation sites (tertiary alicyclic amines) is 1. The van der Waals surface area contributed by atoms with Crippen LogP contribution < -0.4 is 15.2 Å². The number of ether oxygens (including phenoxy) is 2. The van der Waals surface area contributed by atoms with Crippen LogP contribution in [0, 0.1) is 0 Å². The summed E-state index contributed by atoms with van der Waals surface area (Å²) >= 11 is 6.29. The number of amides is 1. The van der Waals surface area contributed by atoms with E-state index in [0.717, 1.165) is 12.8 Å². The molecule has 1 aliphatic heterocycles. The van der Waals surface area contributed by atoms with Crippen LogP contribution >= 0.6 is 11.6 Å². The molecular weight excluding hydrogens is 304 g/mol. The monoisotopic (exact) mass is 326 g/mol.